The molecule has 0 saturated carbocycles. The average Bonchev–Trinajstić information content (AvgIpc) is 2.72. The Bertz CT molecular complexity index is 539. The molecule has 0 radical (unpaired) electrons. The summed E-state index contributed by atoms with van der Waals surface area (Å²) >= 11 is 0. The molecule has 7 nitrogen and oxygen atoms in total. The largest absolute Gasteiger partial charge is 0.360 e. The molecular formula is C12H21N3O4S. The van der Waals surface area contributed by atoms with Crippen LogP contribution in [0.15, 0.2) is 10.6 Å². The second kappa shape index (κ2) is 7.39. The molecule has 0 aromatic carbocycles. The SMILES string of the molecule is CCCCCN(CC(=O)Nc1cc(C)on1)S(C)(=O)=O. The van der Waals surface area contributed by atoms with Gasteiger partial charge >= 0.3 is 0 Å². The van der Waals surface area contributed by atoms with Gasteiger partial charge in [0.25, 0.3) is 0 Å². The van der Waals surface area contributed by atoms with Crippen LogP contribution >= 0.6 is 0 Å². The van der Waals surface area contributed by atoms with Gasteiger partial charge in [0.05, 0.1) is 12.8 Å². The number of nitrogens with one attached hydrogen (secondary N) is 1. The van der Waals surface area contributed by atoms with E-state index < -0.39 is 15.9 Å². The molecule has 0 unspecified atom stereocenters. The van der Waals surface area contributed by atoms with Gasteiger partial charge in [-0.15, -0.1) is 0 Å². The quantitative estimate of drug-likeness (QED) is 0.732. The number of nitrogens with zero attached hydrogens (tertiary/aromatic N) is 2. The number of hydrogen-bond donors (Lipinski definition) is 1. The van der Waals surface area contributed by atoms with Crippen LogP contribution in [0.25, 0.3) is 0 Å². The van der Waals surface area contributed by atoms with Crippen molar-refractivity contribution in [2.24, 2.45) is 0 Å². The van der Waals surface area contributed by atoms with Crippen LogP contribution in [-0.2, 0) is 14.8 Å². The van der Waals surface area contributed by atoms with Gasteiger partial charge in [-0.2, -0.15) is 4.31 Å². The van der Waals surface area contributed by atoms with Gasteiger partial charge in [0.2, 0.25) is 15.9 Å². The first-order valence-electron chi connectivity index (χ1n) is 6.51. The maximum absolute atomic E-state index is 11.8. The minimum absolute atomic E-state index is 0.214. The van der Waals surface area contributed by atoms with Gasteiger partial charge < -0.3 is 9.84 Å². The first-order chi connectivity index (χ1) is 9.32. The van der Waals surface area contributed by atoms with Crippen molar-refractivity contribution in [1.29, 1.82) is 0 Å². The van der Waals surface area contributed by atoms with Gasteiger partial charge in [-0.05, 0) is 13.3 Å². The van der Waals surface area contributed by atoms with Gasteiger partial charge in [-0.3, -0.25) is 4.79 Å². The third-order valence-electron chi connectivity index (χ3n) is 2.70. The monoisotopic (exact) mass is 303 g/mol. The van der Waals surface area contributed by atoms with E-state index in [-0.39, 0.29) is 12.4 Å². The van der Waals surface area contributed by atoms with Crippen LogP contribution in [0.1, 0.15) is 31.9 Å². The number of rotatable bonds is 8. The van der Waals surface area contributed by atoms with Crippen LogP contribution < -0.4 is 5.32 Å². The summed E-state index contributed by atoms with van der Waals surface area (Å²) in [5.74, 6) is 0.429. The fourth-order valence-electron chi connectivity index (χ4n) is 1.67. The zero-order valence-electron chi connectivity index (χ0n) is 12.0. The molecule has 0 atom stereocenters. The fraction of sp³-hybridized carbons (Fsp3) is 0.667. The van der Waals surface area contributed by atoms with Gasteiger partial charge in [0.1, 0.15) is 5.76 Å². The molecule has 1 rings (SSSR count). The summed E-state index contributed by atoms with van der Waals surface area (Å²) in [6.45, 7) is 3.87. The molecular weight excluding hydrogens is 282 g/mol. The summed E-state index contributed by atoms with van der Waals surface area (Å²) in [4.78, 5) is 11.8. The molecule has 1 aromatic rings. The number of sulfonamides is 1. The zero-order valence-corrected chi connectivity index (χ0v) is 12.9. The number of hydrogen-bond acceptors (Lipinski definition) is 5. The lowest BCUT2D eigenvalue weighted by atomic mass is 10.2. The molecule has 0 fully saturated rings. The molecule has 1 aromatic heterocycles. The van der Waals surface area contributed by atoms with E-state index >= 15 is 0 Å². The molecule has 0 aliphatic carbocycles. The summed E-state index contributed by atoms with van der Waals surface area (Å²) in [5, 5.41) is 6.13. The lowest BCUT2D eigenvalue weighted by Crippen LogP contribution is -2.38. The summed E-state index contributed by atoms with van der Waals surface area (Å²) in [6, 6.07) is 1.57. The van der Waals surface area contributed by atoms with Gasteiger partial charge in [-0.1, -0.05) is 24.9 Å². The number of unbranched alkanes of at least 4 members (excludes halogenated alkanes) is 2. The Kier molecular flexibility index (Phi) is 6.15. The van der Waals surface area contributed by atoms with E-state index in [1.165, 1.54) is 4.31 Å². The van der Waals surface area contributed by atoms with Crippen molar-refractivity contribution < 1.29 is 17.7 Å². The Labute approximate surface area is 119 Å². The standard InChI is InChI=1S/C12H21N3O4S/c1-4-5-6-7-15(20(3,17)18)9-12(16)13-11-8-10(2)19-14-11/h8H,4-7,9H2,1-3H3,(H,13,14,16). The van der Waals surface area contributed by atoms with Crippen molar-refractivity contribution in [3.8, 4) is 0 Å². The number of amides is 1. The summed E-state index contributed by atoms with van der Waals surface area (Å²) in [7, 11) is -3.40. The normalized spacial score (nSPS) is 11.8. The Balaban J connectivity index is 2.57. The van der Waals surface area contributed by atoms with Crippen LogP contribution in [0.2, 0.25) is 0 Å². The van der Waals surface area contributed by atoms with Gasteiger partial charge in [-0.25, -0.2) is 8.42 Å². The Hall–Kier alpha value is -1.41. The van der Waals surface area contributed by atoms with E-state index in [0.29, 0.717) is 12.3 Å². The van der Waals surface area contributed by atoms with E-state index in [1.54, 1.807) is 13.0 Å². The van der Waals surface area contributed by atoms with Crippen molar-refractivity contribution in [3.05, 3.63) is 11.8 Å². The highest BCUT2D eigenvalue weighted by Crippen LogP contribution is 2.08. The molecule has 114 valence electrons. The van der Waals surface area contributed by atoms with Crippen LogP contribution in [0.5, 0.6) is 0 Å². The predicted molar refractivity (Wildman–Crippen MR) is 75.8 cm³/mol. The van der Waals surface area contributed by atoms with Crippen molar-refractivity contribution in [2.75, 3.05) is 24.7 Å². The molecule has 0 saturated heterocycles. The van der Waals surface area contributed by atoms with Crippen molar-refractivity contribution in [2.45, 2.75) is 33.1 Å². The average molecular weight is 303 g/mol. The predicted octanol–water partition coefficient (Wildman–Crippen LogP) is 1.37. The molecule has 1 heterocycles. The van der Waals surface area contributed by atoms with E-state index in [0.717, 1.165) is 25.5 Å². The van der Waals surface area contributed by atoms with Crippen molar-refractivity contribution in [3.63, 3.8) is 0 Å². The Morgan fingerprint density at radius 2 is 2.15 bits per heavy atom. The molecule has 0 spiro atoms. The van der Waals surface area contributed by atoms with Crippen molar-refractivity contribution >= 4 is 21.7 Å². The third kappa shape index (κ3) is 5.70. The maximum atomic E-state index is 11.8. The second-order valence-electron chi connectivity index (χ2n) is 4.67. The molecule has 1 amide bonds. The third-order valence-corrected chi connectivity index (χ3v) is 3.95. The summed E-state index contributed by atoms with van der Waals surface area (Å²) in [5.41, 5.74) is 0. The van der Waals surface area contributed by atoms with Gasteiger partial charge in [0, 0.05) is 12.6 Å². The van der Waals surface area contributed by atoms with E-state index in [4.69, 9.17) is 4.52 Å². The van der Waals surface area contributed by atoms with Crippen LogP contribution in [0, 0.1) is 6.92 Å². The number of aromatic nitrogens is 1. The highest BCUT2D eigenvalue weighted by Gasteiger charge is 2.20. The fourth-order valence-corrected chi connectivity index (χ4v) is 2.48. The number of anilines is 1. The number of carbonyl (C=O) groups excluding carboxylic acids is 1. The molecule has 0 aliphatic heterocycles. The smallest absolute Gasteiger partial charge is 0.240 e. The minimum Gasteiger partial charge on any atom is -0.360 e. The summed E-state index contributed by atoms with van der Waals surface area (Å²) in [6.07, 6.45) is 3.75. The van der Waals surface area contributed by atoms with Crippen LogP contribution in [0.3, 0.4) is 0 Å². The topological polar surface area (TPSA) is 92.5 Å². The maximum Gasteiger partial charge on any atom is 0.240 e. The number of carbonyl (C=O) groups is 1. The highest BCUT2D eigenvalue weighted by atomic mass is 32.2. The highest BCUT2D eigenvalue weighted by molar-refractivity contribution is 7.88. The van der Waals surface area contributed by atoms with E-state index in [9.17, 15) is 13.2 Å². The van der Waals surface area contributed by atoms with Crippen LogP contribution in [0.4, 0.5) is 5.82 Å². The lowest BCUT2D eigenvalue weighted by Gasteiger charge is -2.18. The summed E-state index contributed by atoms with van der Waals surface area (Å²) < 4.78 is 29.3. The zero-order chi connectivity index (χ0) is 15.2. The Morgan fingerprint density at radius 1 is 1.45 bits per heavy atom. The van der Waals surface area contributed by atoms with Crippen LogP contribution in [-0.4, -0.2) is 43.1 Å². The van der Waals surface area contributed by atoms with E-state index in [2.05, 4.69) is 10.5 Å². The molecule has 0 bridgehead atoms. The molecule has 20 heavy (non-hydrogen) atoms. The first kappa shape index (κ1) is 16.6. The first-order valence-corrected chi connectivity index (χ1v) is 8.36. The molecule has 8 heteroatoms. The van der Waals surface area contributed by atoms with E-state index in [1.807, 2.05) is 6.92 Å². The lowest BCUT2D eigenvalue weighted by molar-refractivity contribution is -0.116. The molecule has 0 aliphatic rings. The van der Waals surface area contributed by atoms with Crippen molar-refractivity contribution in [1.82, 2.24) is 9.46 Å². The number of aryl methyl sites for hydroxylation is 1. The molecule has 1 N–H and O–H groups in total. The van der Waals surface area contributed by atoms with Gasteiger partial charge in [0.15, 0.2) is 5.82 Å². The second-order valence-corrected chi connectivity index (χ2v) is 6.66. The Morgan fingerprint density at radius 3 is 2.65 bits per heavy atom. The minimum atomic E-state index is -3.40.